The van der Waals surface area contributed by atoms with Gasteiger partial charge < -0.3 is 9.64 Å². The van der Waals surface area contributed by atoms with Crippen LogP contribution in [0.25, 0.3) is 0 Å². The summed E-state index contributed by atoms with van der Waals surface area (Å²) in [6.07, 6.45) is 1.57. The van der Waals surface area contributed by atoms with Gasteiger partial charge in [-0.15, -0.1) is 0 Å². The van der Waals surface area contributed by atoms with Crippen molar-refractivity contribution in [1.29, 1.82) is 0 Å². The standard InChI is InChI=1S/C18H25FN2O3/c1-3-24-18(23)15-7-5-9-21(12-15)17(22)13-20(2)11-14-6-4-8-16(19)10-14/h4,6,8,10,15H,3,5,7,9,11-13H2,1-2H3. The number of halogens is 1. The monoisotopic (exact) mass is 336 g/mol. The van der Waals surface area contributed by atoms with Crippen LogP contribution in [0.4, 0.5) is 4.39 Å². The largest absolute Gasteiger partial charge is 0.466 e. The van der Waals surface area contributed by atoms with Crippen LogP contribution in [0.2, 0.25) is 0 Å². The van der Waals surface area contributed by atoms with Gasteiger partial charge in [0, 0.05) is 19.6 Å². The second-order valence-electron chi connectivity index (χ2n) is 6.23. The number of esters is 1. The third-order valence-corrected chi connectivity index (χ3v) is 4.14. The Morgan fingerprint density at radius 1 is 1.42 bits per heavy atom. The summed E-state index contributed by atoms with van der Waals surface area (Å²) >= 11 is 0. The van der Waals surface area contributed by atoms with Crippen molar-refractivity contribution in [2.45, 2.75) is 26.3 Å². The summed E-state index contributed by atoms with van der Waals surface area (Å²) in [6, 6.07) is 6.37. The molecule has 5 nitrogen and oxygen atoms in total. The number of piperidine rings is 1. The Morgan fingerprint density at radius 2 is 2.21 bits per heavy atom. The number of ether oxygens (including phenoxy) is 1. The molecule has 1 aliphatic rings. The minimum Gasteiger partial charge on any atom is -0.466 e. The van der Waals surface area contributed by atoms with E-state index in [1.165, 1.54) is 12.1 Å². The summed E-state index contributed by atoms with van der Waals surface area (Å²) in [6.45, 7) is 3.98. The lowest BCUT2D eigenvalue weighted by molar-refractivity contribution is -0.151. The smallest absolute Gasteiger partial charge is 0.310 e. The Bertz CT molecular complexity index is 579. The zero-order chi connectivity index (χ0) is 17.5. The molecule has 1 amide bonds. The van der Waals surface area contributed by atoms with Gasteiger partial charge in [-0.1, -0.05) is 12.1 Å². The first kappa shape index (κ1) is 18.4. The van der Waals surface area contributed by atoms with Gasteiger partial charge in [-0.3, -0.25) is 14.5 Å². The first-order valence-corrected chi connectivity index (χ1v) is 8.37. The molecule has 0 bridgehead atoms. The van der Waals surface area contributed by atoms with E-state index in [1.807, 2.05) is 18.0 Å². The molecule has 0 spiro atoms. The van der Waals surface area contributed by atoms with Gasteiger partial charge in [-0.2, -0.15) is 0 Å². The topological polar surface area (TPSA) is 49.9 Å². The number of hydrogen-bond acceptors (Lipinski definition) is 4. The van der Waals surface area contributed by atoms with Crippen molar-refractivity contribution in [2.75, 3.05) is 33.3 Å². The molecule has 1 unspecified atom stereocenters. The number of hydrogen-bond donors (Lipinski definition) is 0. The Labute approximate surface area is 142 Å². The maximum absolute atomic E-state index is 13.2. The van der Waals surface area contributed by atoms with E-state index < -0.39 is 0 Å². The fourth-order valence-electron chi connectivity index (χ4n) is 2.99. The lowest BCUT2D eigenvalue weighted by Crippen LogP contribution is -2.46. The average Bonchev–Trinajstić information content (AvgIpc) is 2.55. The van der Waals surface area contributed by atoms with Crippen molar-refractivity contribution >= 4 is 11.9 Å². The van der Waals surface area contributed by atoms with E-state index in [9.17, 15) is 14.0 Å². The molecule has 1 heterocycles. The zero-order valence-corrected chi connectivity index (χ0v) is 14.3. The molecule has 0 N–H and O–H groups in total. The van der Waals surface area contributed by atoms with E-state index in [1.54, 1.807) is 17.9 Å². The van der Waals surface area contributed by atoms with Gasteiger partial charge in [0.2, 0.25) is 5.91 Å². The molecule has 0 aliphatic carbocycles. The van der Waals surface area contributed by atoms with Gasteiger partial charge in [-0.05, 0) is 44.5 Å². The van der Waals surface area contributed by atoms with E-state index in [0.717, 1.165) is 18.4 Å². The van der Waals surface area contributed by atoms with Gasteiger partial charge in [-0.25, -0.2) is 4.39 Å². The first-order chi connectivity index (χ1) is 11.5. The molecule has 1 aliphatic heterocycles. The average molecular weight is 336 g/mol. The molecule has 1 fully saturated rings. The van der Waals surface area contributed by atoms with Gasteiger partial charge in [0.1, 0.15) is 5.82 Å². The van der Waals surface area contributed by atoms with Crippen LogP contribution in [0.3, 0.4) is 0 Å². The van der Waals surface area contributed by atoms with Crippen LogP contribution in [-0.2, 0) is 20.9 Å². The minimum absolute atomic E-state index is 0.0112. The summed E-state index contributed by atoms with van der Waals surface area (Å²) < 4.78 is 18.3. The number of rotatable bonds is 6. The molecule has 1 saturated heterocycles. The van der Waals surface area contributed by atoms with Crippen molar-refractivity contribution in [3.8, 4) is 0 Å². The van der Waals surface area contributed by atoms with Crippen LogP contribution in [0, 0.1) is 11.7 Å². The predicted octanol–water partition coefficient (Wildman–Crippen LogP) is 2.06. The number of benzene rings is 1. The highest BCUT2D eigenvalue weighted by molar-refractivity contribution is 5.80. The van der Waals surface area contributed by atoms with Crippen LogP contribution < -0.4 is 0 Å². The van der Waals surface area contributed by atoms with Crippen LogP contribution >= 0.6 is 0 Å². The highest BCUT2D eigenvalue weighted by Gasteiger charge is 2.29. The van der Waals surface area contributed by atoms with Gasteiger partial charge in [0.15, 0.2) is 0 Å². The third-order valence-electron chi connectivity index (χ3n) is 4.14. The zero-order valence-electron chi connectivity index (χ0n) is 14.3. The molecule has 24 heavy (non-hydrogen) atoms. The maximum Gasteiger partial charge on any atom is 0.310 e. The van der Waals surface area contributed by atoms with E-state index in [2.05, 4.69) is 0 Å². The van der Waals surface area contributed by atoms with E-state index in [-0.39, 0.29) is 30.2 Å². The summed E-state index contributed by atoms with van der Waals surface area (Å²) in [5, 5.41) is 0. The molecule has 0 aromatic heterocycles. The van der Waals surface area contributed by atoms with Crippen LogP contribution in [0.5, 0.6) is 0 Å². The number of nitrogens with zero attached hydrogens (tertiary/aromatic N) is 2. The van der Waals surface area contributed by atoms with Crippen molar-refractivity contribution in [3.63, 3.8) is 0 Å². The van der Waals surface area contributed by atoms with Crippen LogP contribution in [0.15, 0.2) is 24.3 Å². The van der Waals surface area contributed by atoms with Gasteiger partial charge in [0.25, 0.3) is 0 Å². The van der Waals surface area contributed by atoms with Crippen molar-refractivity contribution in [2.24, 2.45) is 5.92 Å². The number of carbonyl (C=O) groups excluding carboxylic acids is 2. The third kappa shape index (κ3) is 5.30. The van der Waals surface area contributed by atoms with E-state index in [4.69, 9.17) is 4.74 Å². The molecule has 2 rings (SSSR count). The fraction of sp³-hybridized carbons (Fsp3) is 0.556. The van der Waals surface area contributed by atoms with E-state index in [0.29, 0.717) is 26.2 Å². The lowest BCUT2D eigenvalue weighted by atomic mass is 9.98. The molecule has 1 atom stereocenters. The van der Waals surface area contributed by atoms with Crippen LogP contribution in [0.1, 0.15) is 25.3 Å². The molecular formula is C18H25FN2O3. The van der Waals surface area contributed by atoms with Gasteiger partial charge >= 0.3 is 5.97 Å². The Kier molecular flexibility index (Phi) is 6.73. The normalized spacial score (nSPS) is 17.8. The van der Waals surface area contributed by atoms with Crippen molar-refractivity contribution in [3.05, 3.63) is 35.6 Å². The summed E-state index contributed by atoms with van der Waals surface area (Å²) in [7, 11) is 1.83. The van der Waals surface area contributed by atoms with Crippen molar-refractivity contribution < 1.29 is 18.7 Å². The second kappa shape index (κ2) is 8.78. The highest BCUT2D eigenvalue weighted by Crippen LogP contribution is 2.18. The Hall–Kier alpha value is -1.95. The molecular weight excluding hydrogens is 311 g/mol. The summed E-state index contributed by atoms with van der Waals surface area (Å²) in [5.41, 5.74) is 0.827. The van der Waals surface area contributed by atoms with E-state index >= 15 is 0 Å². The minimum atomic E-state index is -0.277. The first-order valence-electron chi connectivity index (χ1n) is 8.37. The molecule has 0 saturated carbocycles. The Balaban J connectivity index is 1.85. The molecule has 132 valence electrons. The maximum atomic E-state index is 13.2. The SMILES string of the molecule is CCOC(=O)C1CCCN(C(=O)CN(C)Cc2cccc(F)c2)C1. The predicted molar refractivity (Wildman–Crippen MR) is 88.7 cm³/mol. The fourth-order valence-corrected chi connectivity index (χ4v) is 2.99. The molecule has 6 heteroatoms. The molecule has 1 aromatic rings. The number of carbonyl (C=O) groups is 2. The quantitative estimate of drug-likeness (QED) is 0.746. The number of likely N-dealkylation sites (tertiary alicyclic amines) is 1. The molecule has 1 aromatic carbocycles. The number of amides is 1. The Morgan fingerprint density at radius 3 is 2.92 bits per heavy atom. The van der Waals surface area contributed by atoms with Crippen LogP contribution in [-0.4, -0.2) is 55.0 Å². The second-order valence-corrected chi connectivity index (χ2v) is 6.23. The highest BCUT2D eigenvalue weighted by atomic mass is 19.1. The molecule has 0 radical (unpaired) electrons. The number of likely N-dealkylation sites (N-methyl/N-ethyl adjacent to an activating group) is 1. The van der Waals surface area contributed by atoms with Crippen molar-refractivity contribution in [1.82, 2.24) is 9.80 Å². The summed E-state index contributed by atoms with van der Waals surface area (Å²) in [4.78, 5) is 27.9. The lowest BCUT2D eigenvalue weighted by Gasteiger charge is -2.32. The van der Waals surface area contributed by atoms with Gasteiger partial charge in [0.05, 0.1) is 19.1 Å². The summed E-state index contributed by atoms with van der Waals surface area (Å²) in [5.74, 6) is -0.734.